The van der Waals surface area contributed by atoms with Crippen molar-refractivity contribution in [1.82, 2.24) is 5.32 Å². The highest BCUT2D eigenvalue weighted by Crippen LogP contribution is 2.34. The number of nitrogens with one attached hydrogen (secondary N) is 1. The molecule has 0 aromatic carbocycles. The van der Waals surface area contributed by atoms with Gasteiger partial charge in [0.25, 0.3) is 0 Å². The minimum Gasteiger partial charge on any atom is -0.380 e. The van der Waals surface area contributed by atoms with Gasteiger partial charge in [-0.2, -0.15) is 0 Å². The normalized spacial score (nSPS) is 30.7. The quantitative estimate of drug-likeness (QED) is 0.703. The molecule has 1 saturated carbocycles. The Labute approximate surface area is 81.0 Å². The molecule has 2 atom stereocenters. The highest BCUT2D eigenvalue weighted by atomic mass is 16.5. The van der Waals surface area contributed by atoms with Crippen LogP contribution in [0.3, 0.4) is 0 Å². The van der Waals surface area contributed by atoms with Gasteiger partial charge in [0.1, 0.15) is 0 Å². The highest BCUT2D eigenvalue weighted by Gasteiger charge is 2.26. The maximum atomic E-state index is 5.36. The van der Waals surface area contributed by atoms with E-state index in [0.29, 0.717) is 6.04 Å². The van der Waals surface area contributed by atoms with Gasteiger partial charge < -0.3 is 10.1 Å². The van der Waals surface area contributed by atoms with Crippen LogP contribution in [0, 0.1) is 5.92 Å². The Morgan fingerprint density at radius 2 is 2.23 bits per heavy atom. The van der Waals surface area contributed by atoms with Crippen molar-refractivity contribution in [2.24, 2.45) is 5.92 Å². The summed E-state index contributed by atoms with van der Waals surface area (Å²) in [6.45, 7) is 4.18. The molecule has 0 aromatic rings. The summed E-state index contributed by atoms with van der Waals surface area (Å²) in [7, 11) is 0. The van der Waals surface area contributed by atoms with Gasteiger partial charge >= 0.3 is 0 Å². The Hall–Kier alpha value is -0.0800. The topological polar surface area (TPSA) is 21.3 Å². The molecule has 2 heteroatoms. The maximum absolute atomic E-state index is 5.36. The molecule has 1 saturated heterocycles. The van der Waals surface area contributed by atoms with Crippen molar-refractivity contribution in [1.29, 1.82) is 0 Å². The van der Waals surface area contributed by atoms with E-state index in [4.69, 9.17) is 4.74 Å². The third-order valence-electron chi connectivity index (χ3n) is 3.21. The average molecular weight is 183 g/mol. The third-order valence-corrected chi connectivity index (χ3v) is 3.21. The Morgan fingerprint density at radius 3 is 2.77 bits per heavy atom. The molecule has 0 bridgehead atoms. The zero-order valence-electron chi connectivity index (χ0n) is 8.59. The van der Waals surface area contributed by atoms with Crippen LogP contribution >= 0.6 is 0 Å². The molecule has 1 aliphatic carbocycles. The van der Waals surface area contributed by atoms with Gasteiger partial charge in [0.2, 0.25) is 0 Å². The van der Waals surface area contributed by atoms with Gasteiger partial charge in [0.15, 0.2) is 0 Å². The SMILES string of the molecule is CCC(CC1CC1)NC1CCOC1. The van der Waals surface area contributed by atoms with Gasteiger partial charge in [0, 0.05) is 18.7 Å². The van der Waals surface area contributed by atoms with E-state index in [0.717, 1.165) is 25.2 Å². The predicted octanol–water partition coefficient (Wildman–Crippen LogP) is 1.94. The molecule has 0 spiro atoms. The monoisotopic (exact) mass is 183 g/mol. The summed E-state index contributed by atoms with van der Waals surface area (Å²) in [5.74, 6) is 1.04. The highest BCUT2D eigenvalue weighted by molar-refractivity contribution is 4.82. The van der Waals surface area contributed by atoms with Crippen LogP contribution in [-0.2, 0) is 4.74 Å². The molecule has 2 aliphatic rings. The summed E-state index contributed by atoms with van der Waals surface area (Å²) in [6.07, 6.45) is 6.82. The number of hydrogen-bond acceptors (Lipinski definition) is 2. The lowest BCUT2D eigenvalue weighted by atomic mass is 10.1. The molecule has 1 N–H and O–H groups in total. The standard InChI is InChI=1S/C11H21NO/c1-2-10(7-9-3-4-9)12-11-5-6-13-8-11/h9-12H,2-8H2,1H3. The van der Waals surface area contributed by atoms with Crippen LogP contribution in [0.2, 0.25) is 0 Å². The smallest absolute Gasteiger partial charge is 0.0620 e. The summed E-state index contributed by atoms with van der Waals surface area (Å²) in [5, 5.41) is 3.71. The Morgan fingerprint density at radius 1 is 1.38 bits per heavy atom. The Bertz CT molecular complexity index is 150. The predicted molar refractivity (Wildman–Crippen MR) is 53.8 cm³/mol. The zero-order chi connectivity index (χ0) is 9.10. The Balaban J connectivity index is 1.68. The number of hydrogen-bond donors (Lipinski definition) is 1. The van der Waals surface area contributed by atoms with E-state index in [9.17, 15) is 0 Å². The van der Waals surface area contributed by atoms with Crippen LogP contribution < -0.4 is 5.32 Å². The van der Waals surface area contributed by atoms with Crippen LogP contribution in [0.5, 0.6) is 0 Å². The summed E-state index contributed by atoms with van der Waals surface area (Å²) < 4.78 is 5.36. The number of ether oxygens (including phenoxy) is 1. The molecular weight excluding hydrogens is 162 g/mol. The lowest BCUT2D eigenvalue weighted by molar-refractivity contribution is 0.187. The summed E-state index contributed by atoms with van der Waals surface area (Å²) in [4.78, 5) is 0. The van der Waals surface area contributed by atoms with Crippen molar-refractivity contribution in [2.75, 3.05) is 13.2 Å². The summed E-state index contributed by atoms with van der Waals surface area (Å²) in [5.41, 5.74) is 0. The minimum atomic E-state index is 0.642. The summed E-state index contributed by atoms with van der Waals surface area (Å²) >= 11 is 0. The molecule has 1 aliphatic heterocycles. The van der Waals surface area contributed by atoms with Crippen molar-refractivity contribution in [2.45, 2.75) is 51.1 Å². The van der Waals surface area contributed by atoms with E-state index < -0.39 is 0 Å². The van der Waals surface area contributed by atoms with Gasteiger partial charge in [-0.05, 0) is 25.2 Å². The van der Waals surface area contributed by atoms with Gasteiger partial charge in [-0.1, -0.05) is 19.8 Å². The van der Waals surface area contributed by atoms with Gasteiger partial charge in [0.05, 0.1) is 6.61 Å². The summed E-state index contributed by atoms with van der Waals surface area (Å²) in [6, 6.07) is 1.39. The van der Waals surface area contributed by atoms with Gasteiger partial charge in [-0.3, -0.25) is 0 Å². The van der Waals surface area contributed by atoms with Crippen molar-refractivity contribution in [3.63, 3.8) is 0 Å². The molecule has 0 aromatic heterocycles. The van der Waals surface area contributed by atoms with E-state index in [-0.39, 0.29) is 0 Å². The van der Waals surface area contributed by atoms with Crippen LogP contribution in [0.1, 0.15) is 39.0 Å². The lowest BCUT2D eigenvalue weighted by Gasteiger charge is -2.20. The first-order valence-electron chi connectivity index (χ1n) is 5.72. The van der Waals surface area contributed by atoms with Crippen LogP contribution in [0.25, 0.3) is 0 Å². The molecule has 1 heterocycles. The fourth-order valence-electron chi connectivity index (χ4n) is 2.11. The van der Waals surface area contributed by atoms with E-state index in [2.05, 4.69) is 12.2 Å². The largest absolute Gasteiger partial charge is 0.380 e. The first-order chi connectivity index (χ1) is 6.38. The van der Waals surface area contributed by atoms with Gasteiger partial charge in [-0.15, -0.1) is 0 Å². The lowest BCUT2D eigenvalue weighted by Crippen LogP contribution is -2.38. The molecule has 0 radical (unpaired) electrons. The molecule has 76 valence electrons. The molecule has 0 amide bonds. The van der Waals surface area contributed by atoms with Gasteiger partial charge in [-0.25, -0.2) is 0 Å². The van der Waals surface area contributed by atoms with E-state index in [1.807, 2.05) is 0 Å². The van der Waals surface area contributed by atoms with Crippen molar-refractivity contribution >= 4 is 0 Å². The van der Waals surface area contributed by atoms with Crippen LogP contribution in [-0.4, -0.2) is 25.3 Å². The maximum Gasteiger partial charge on any atom is 0.0620 e. The second-order valence-electron chi connectivity index (χ2n) is 4.51. The second kappa shape index (κ2) is 4.43. The van der Waals surface area contributed by atoms with Crippen molar-refractivity contribution < 1.29 is 4.74 Å². The molecular formula is C11H21NO. The minimum absolute atomic E-state index is 0.642. The molecule has 13 heavy (non-hydrogen) atoms. The van der Waals surface area contributed by atoms with Crippen LogP contribution in [0.4, 0.5) is 0 Å². The fraction of sp³-hybridized carbons (Fsp3) is 1.00. The second-order valence-corrected chi connectivity index (χ2v) is 4.51. The van der Waals surface area contributed by atoms with E-state index >= 15 is 0 Å². The fourth-order valence-corrected chi connectivity index (χ4v) is 2.11. The molecule has 2 unspecified atom stereocenters. The third kappa shape index (κ3) is 2.96. The van der Waals surface area contributed by atoms with Crippen molar-refractivity contribution in [3.05, 3.63) is 0 Å². The Kier molecular flexibility index (Phi) is 3.23. The molecule has 2 nitrogen and oxygen atoms in total. The molecule has 2 rings (SSSR count). The van der Waals surface area contributed by atoms with E-state index in [1.54, 1.807) is 0 Å². The average Bonchev–Trinajstić information content (AvgIpc) is 2.80. The van der Waals surface area contributed by atoms with E-state index in [1.165, 1.54) is 32.1 Å². The molecule has 2 fully saturated rings. The number of rotatable bonds is 5. The van der Waals surface area contributed by atoms with Crippen LogP contribution in [0.15, 0.2) is 0 Å². The first-order valence-corrected chi connectivity index (χ1v) is 5.72. The van der Waals surface area contributed by atoms with Crippen molar-refractivity contribution in [3.8, 4) is 0 Å². The first kappa shape index (κ1) is 9.47. The zero-order valence-corrected chi connectivity index (χ0v) is 8.59.